The minimum Gasteiger partial charge on any atom is -0.463 e. The van der Waals surface area contributed by atoms with Crippen LogP contribution in [0, 0.1) is 0 Å². The molecule has 0 saturated carbocycles. The van der Waals surface area contributed by atoms with Gasteiger partial charge in [0.05, 0.1) is 19.6 Å². The Labute approximate surface area is 109 Å². The van der Waals surface area contributed by atoms with Crippen LogP contribution >= 0.6 is 0 Å². The van der Waals surface area contributed by atoms with E-state index in [0.29, 0.717) is 0 Å². The quantitative estimate of drug-likeness (QED) is 0.271. The highest BCUT2D eigenvalue weighted by atomic mass is 16.6. The monoisotopic (exact) mass is 282 g/mol. The maximum absolute atomic E-state index is 11.1. The highest BCUT2D eigenvalue weighted by Crippen LogP contribution is 1.99. The molecule has 112 valence electrons. The summed E-state index contributed by atoms with van der Waals surface area (Å²) in [5, 5.41) is 44.0. The van der Waals surface area contributed by atoms with E-state index in [9.17, 15) is 14.7 Å². The van der Waals surface area contributed by atoms with Crippen molar-refractivity contribution in [1.82, 2.24) is 0 Å². The first-order valence-corrected chi connectivity index (χ1v) is 5.48. The number of esters is 2. The Hall–Kier alpha value is -1.26. The van der Waals surface area contributed by atoms with Crippen molar-refractivity contribution < 1.29 is 44.6 Å². The zero-order valence-corrected chi connectivity index (χ0v) is 10.1. The Kier molecular flexibility index (Phi) is 9.00. The van der Waals surface area contributed by atoms with Gasteiger partial charge >= 0.3 is 11.9 Å². The number of rotatable bonds is 9. The molecule has 0 aromatic rings. The molecule has 9 nitrogen and oxygen atoms in total. The fourth-order valence-corrected chi connectivity index (χ4v) is 0.869. The van der Waals surface area contributed by atoms with E-state index in [1.165, 1.54) is 0 Å². The fraction of sp³-hybridized carbons (Fsp3) is 0.800. The van der Waals surface area contributed by atoms with Gasteiger partial charge in [0.25, 0.3) is 0 Å². The van der Waals surface area contributed by atoms with Gasteiger partial charge in [-0.1, -0.05) is 0 Å². The van der Waals surface area contributed by atoms with Crippen LogP contribution in [0.1, 0.15) is 6.42 Å². The first kappa shape index (κ1) is 17.7. The number of carbonyl (C=O) groups excluding carboxylic acids is 2. The average Bonchev–Trinajstić information content (AvgIpc) is 2.41. The minimum absolute atomic E-state index is 0.458. The number of hydrogen-bond donors (Lipinski definition) is 5. The summed E-state index contributed by atoms with van der Waals surface area (Å²) in [5.74, 6) is -2.10. The molecule has 0 rings (SSSR count). The second kappa shape index (κ2) is 9.64. The van der Waals surface area contributed by atoms with Crippen molar-refractivity contribution in [2.75, 3.05) is 26.4 Å². The van der Waals surface area contributed by atoms with E-state index in [1.807, 2.05) is 0 Å². The lowest BCUT2D eigenvalue weighted by Crippen LogP contribution is -2.31. The molecule has 0 bridgehead atoms. The normalized spacial score (nSPS) is 15.4. The van der Waals surface area contributed by atoms with Gasteiger partial charge < -0.3 is 35.0 Å². The zero-order chi connectivity index (χ0) is 14.8. The SMILES string of the molecule is O=C(CC(O)C(=O)OCC(O)CO)OCC(O)CO. The molecule has 5 N–H and O–H groups in total. The second-order valence-electron chi connectivity index (χ2n) is 3.71. The van der Waals surface area contributed by atoms with E-state index in [4.69, 9.17) is 20.4 Å². The van der Waals surface area contributed by atoms with Gasteiger partial charge in [-0.2, -0.15) is 0 Å². The van der Waals surface area contributed by atoms with Crippen LogP contribution < -0.4 is 0 Å². The third kappa shape index (κ3) is 8.46. The molecule has 0 aliphatic rings. The van der Waals surface area contributed by atoms with Crippen molar-refractivity contribution in [3.05, 3.63) is 0 Å². The van der Waals surface area contributed by atoms with Gasteiger partial charge in [0.15, 0.2) is 6.10 Å². The van der Waals surface area contributed by atoms with Crippen molar-refractivity contribution in [3.63, 3.8) is 0 Å². The van der Waals surface area contributed by atoms with Gasteiger partial charge in [-0.3, -0.25) is 4.79 Å². The van der Waals surface area contributed by atoms with E-state index < -0.39 is 63.1 Å². The number of carbonyl (C=O) groups is 2. The maximum Gasteiger partial charge on any atom is 0.335 e. The summed E-state index contributed by atoms with van der Waals surface area (Å²) in [5.41, 5.74) is 0. The van der Waals surface area contributed by atoms with Crippen LogP contribution in [0.5, 0.6) is 0 Å². The van der Waals surface area contributed by atoms with Gasteiger partial charge in [-0.15, -0.1) is 0 Å². The van der Waals surface area contributed by atoms with Crippen LogP contribution in [0.3, 0.4) is 0 Å². The van der Waals surface area contributed by atoms with Gasteiger partial charge in [0.2, 0.25) is 0 Å². The van der Waals surface area contributed by atoms with Gasteiger partial charge in [-0.05, 0) is 0 Å². The summed E-state index contributed by atoms with van der Waals surface area (Å²) in [7, 11) is 0. The Morgan fingerprint density at radius 3 is 1.84 bits per heavy atom. The molecule has 19 heavy (non-hydrogen) atoms. The molecule has 0 fully saturated rings. The Balaban J connectivity index is 3.91. The molecule has 0 aromatic heterocycles. The summed E-state index contributed by atoms with van der Waals surface area (Å²) in [6.45, 7) is -2.16. The number of aliphatic hydroxyl groups is 5. The van der Waals surface area contributed by atoms with Crippen LogP contribution in [0.25, 0.3) is 0 Å². The van der Waals surface area contributed by atoms with E-state index in [-0.39, 0.29) is 0 Å². The maximum atomic E-state index is 11.1. The van der Waals surface area contributed by atoms with Crippen LogP contribution in [0.2, 0.25) is 0 Å². The Morgan fingerprint density at radius 1 is 0.895 bits per heavy atom. The lowest BCUT2D eigenvalue weighted by Gasteiger charge is -2.13. The van der Waals surface area contributed by atoms with Crippen LogP contribution in [0.4, 0.5) is 0 Å². The molecule has 0 amide bonds. The first-order chi connectivity index (χ1) is 8.90. The van der Waals surface area contributed by atoms with Gasteiger partial charge in [0, 0.05) is 0 Å². The van der Waals surface area contributed by atoms with Crippen LogP contribution in [0.15, 0.2) is 0 Å². The summed E-state index contributed by atoms with van der Waals surface area (Å²) < 4.78 is 8.86. The molecule has 9 heteroatoms. The molecule has 3 atom stereocenters. The van der Waals surface area contributed by atoms with Gasteiger partial charge in [-0.25, -0.2) is 4.79 Å². The highest BCUT2D eigenvalue weighted by molar-refractivity contribution is 5.81. The molecule has 0 heterocycles. The lowest BCUT2D eigenvalue weighted by atomic mass is 10.2. The van der Waals surface area contributed by atoms with Crippen molar-refractivity contribution in [2.45, 2.75) is 24.7 Å². The molecule has 0 spiro atoms. The molecule has 0 aliphatic heterocycles. The number of aliphatic hydroxyl groups excluding tert-OH is 5. The van der Waals surface area contributed by atoms with Crippen LogP contribution in [-0.2, 0) is 19.1 Å². The topological polar surface area (TPSA) is 154 Å². The summed E-state index contributed by atoms with van der Waals surface area (Å²) in [4.78, 5) is 22.2. The summed E-state index contributed by atoms with van der Waals surface area (Å²) in [6.07, 6.45) is -4.95. The highest BCUT2D eigenvalue weighted by Gasteiger charge is 2.22. The Morgan fingerprint density at radius 2 is 1.37 bits per heavy atom. The standard InChI is InChI=1S/C10H18O9/c11-2-6(13)4-18-9(16)1-8(15)10(17)19-5-7(14)3-12/h6-8,11-15H,1-5H2. The number of hydrogen-bond acceptors (Lipinski definition) is 9. The molecule has 0 aliphatic carbocycles. The lowest BCUT2D eigenvalue weighted by molar-refractivity contribution is -0.163. The van der Waals surface area contributed by atoms with Crippen LogP contribution in [-0.4, -0.2) is 82.2 Å². The molecule has 3 unspecified atom stereocenters. The Bertz CT molecular complexity index is 280. The van der Waals surface area contributed by atoms with Crippen molar-refractivity contribution >= 4 is 11.9 Å². The van der Waals surface area contributed by atoms with Crippen molar-refractivity contribution in [3.8, 4) is 0 Å². The smallest absolute Gasteiger partial charge is 0.335 e. The minimum atomic E-state index is -1.77. The molecule has 0 saturated heterocycles. The predicted molar refractivity (Wildman–Crippen MR) is 58.7 cm³/mol. The molecular formula is C10H18O9. The largest absolute Gasteiger partial charge is 0.463 e. The average molecular weight is 282 g/mol. The predicted octanol–water partition coefficient (Wildman–Crippen LogP) is -3.47. The van der Waals surface area contributed by atoms with E-state index in [0.717, 1.165) is 0 Å². The molecular weight excluding hydrogens is 264 g/mol. The summed E-state index contributed by atoms with van der Waals surface area (Å²) >= 11 is 0. The van der Waals surface area contributed by atoms with Crippen molar-refractivity contribution in [2.24, 2.45) is 0 Å². The first-order valence-electron chi connectivity index (χ1n) is 5.48. The van der Waals surface area contributed by atoms with E-state index in [1.54, 1.807) is 0 Å². The second-order valence-corrected chi connectivity index (χ2v) is 3.71. The number of ether oxygens (including phenoxy) is 2. The molecule has 0 radical (unpaired) electrons. The van der Waals surface area contributed by atoms with Crippen molar-refractivity contribution in [1.29, 1.82) is 0 Å². The third-order valence-electron chi connectivity index (χ3n) is 1.91. The summed E-state index contributed by atoms with van der Waals surface area (Å²) in [6, 6.07) is 0. The van der Waals surface area contributed by atoms with E-state index >= 15 is 0 Å². The van der Waals surface area contributed by atoms with E-state index in [2.05, 4.69) is 9.47 Å². The fourth-order valence-electron chi connectivity index (χ4n) is 0.869. The zero-order valence-electron chi connectivity index (χ0n) is 10.1. The molecule has 0 aromatic carbocycles. The third-order valence-corrected chi connectivity index (χ3v) is 1.91. The van der Waals surface area contributed by atoms with Gasteiger partial charge in [0.1, 0.15) is 25.4 Å².